The minimum Gasteiger partial charge on any atom is -0.466 e. The van der Waals surface area contributed by atoms with Crippen molar-refractivity contribution in [3.05, 3.63) is 36.5 Å². The molecular formula is C23H24N4O6. The van der Waals surface area contributed by atoms with Gasteiger partial charge in [0, 0.05) is 24.8 Å². The van der Waals surface area contributed by atoms with Crippen LogP contribution in [-0.4, -0.2) is 58.0 Å². The molecule has 5 rings (SSSR count). The van der Waals surface area contributed by atoms with Crippen LogP contribution in [-0.2, 0) is 20.9 Å². The largest absolute Gasteiger partial charge is 0.466 e. The van der Waals surface area contributed by atoms with Gasteiger partial charge < -0.3 is 28.2 Å². The highest BCUT2D eigenvalue weighted by atomic mass is 16.7. The first kappa shape index (κ1) is 21.0. The van der Waals surface area contributed by atoms with E-state index in [0.717, 1.165) is 18.4 Å². The molecule has 0 bridgehead atoms. The molecule has 10 heteroatoms. The number of likely N-dealkylation sites (tertiary alicyclic amines) is 1. The summed E-state index contributed by atoms with van der Waals surface area (Å²) >= 11 is 0. The molecule has 3 aromatic rings. The molecule has 2 aliphatic rings. The number of hydrogen-bond acceptors (Lipinski definition) is 8. The first-order valence-corrected chi connectivity index (χ1v) is 11.0. The van der Waals surface area contributed by atoms with Crippen molar-refractivity contribution in [2.75, 3.05) is 26.5 Å². The van der Waals surface area contributed by atoms with Gasteiger partial charge in [-0.3, -0.25) is 9.59 Å². The highest BCUT2D eigenvalue weighted by molar-refractivity contribution is 5.79. The van der Waals surface area contributed by atoms with Gasteiger partial charge in [-0.15, -0.1) is 0 Å². The van der Waals surface area contributed by atoms with Gasteiger partial charge in [0.25, 0.3) is 5.89 Å². The molecule has 172 valence electrons. The average Bonchev–Trinajstić information content (AvgIpc) is 3.59. The zero-order valence-corrected chi connectivity index (χ0v) is 18.2. The SMILES string of the molecule is CCOC(=O)[C@@H]1CCCN(C(=O)Cn2cccc2-c2nc(-c3ccc4c(c3)OCO4)no2)C1. The number of piperidine rings is 1. The summed E-state index contributed by atoms with van der Waals surface area (Å²) in [6, 6.07) is 9.08. The summed E-state index contributed by atoms with van der Waals surface area (Å²) in [7, 11) is 0. The summed E-state index contributed by atoms with van der Waals surface area (Å²) in [5, 5.41) is 4.08. The number of fused-ring (bicyclic) bond motifs is 1. The first-order valence-electron chi connectivity index (χ1n) is 11.0. The number of ether oxygens (including phenoxy) is 3. The van der Waals surface area contributed by atoms with Crippen LogP contribution in [0.3, 0.4) is 0 Å². The van der Waals surface area contributed by atoms with E-state index in [1.807, 2.05) is 18.2 Å². The first-order chi connectivity index (χ1) is 16.1. The Kier molecular flexibility index (Phi) is 5.72. The van der Waals surface area contributed by atoms with Gasteiger partial charge >= 0.3 is 5.97 Å². The number of nitrogens with zero attached hydrogens (tertiary/aromatic N) is 4. The van der Waals surface area contributed by atoms with Crippen molar-refractivity contribution >= 4 is 11.9 Å². The number of aromatic nitrogens is 3. The lowest BCUT2D eigenvalue weighted by Crippen LogP contribution is -2.44. The van der Waals surface area contributed by atoms with Crippen molar-refractivity contribution in [2.45, 2.75) is 26.3 Å². The van der Waals surface area contributed by atoms with Crippen LogP contribution in [0.15, 0.2) is 41.1 Å². The number of carbonyl (C=O) groups is 2. The highest BCUT2D eigenvalue weighted by Crippen LogP contribution is 2.35. The fourth-order valence-electron chi connectivity index (χ4n) is 4.13. The zero-order chi connectivity index (χ0) is 22.8. The van der Waals surface area contributed by atoms with Crippen molar-refractivity contribution in [1.82, 2.24) is 19.6 Å². The van der Waals surface area contributed by atoms with Crippen molar-refractivity contribution in [1.29, 1.82) is 0 Å². The third-order valence-corrected chi connectivity index (χ3v) is 5.81. The maximum atomic E-state index is 13.0. The Morgan fingerprint density at radius 2 is 2.09 bits per heavy atom. The molecule has 2 aromatic heterocycles. The van der Waals surface area contributed by atoms with Gasteiger partial charge in [-0.25, -0.2) is 0 Å². The monoisotopic (exact) mass is 452 g/mol. The number of benzene rings is 1. The van der Waals surface area contributed by atoms with Crippen molar-refractivity contribution in [3.8, 4) is 34.5 Å². The van der Waals surface area contributed by atoms with Crippen LogP contribution >= 0.6 is 0 Å². The molecule has 4 heterocycles. The molecule has 1 atom stereocenters. The van der Waals surface area contributed by atoms with E-state index in [1.165, 1.54) is 0 Å². The minimum absolute atomic E-state index is 0.0723. The van der Waals surface area contributed by atoms with Gasteiger partial charge in [0.1, 0.15) is 12.2 Å². The lowest BCUT2D eigenvalue weighted by molar-refractivity contribution is -0.151. The van der Waals surface area contributed by atoms with E-state index in [-0.39, 0.29) is 31.1 Å². The molecule has 0 aliphatic carbocycles. The summed E-state index contributed by atoms with van der Waals surface area (Å²) in [6.45, 7) is 3.43. The number of rotatable bonds is 6. The molecule has 1 aromatic carbocycles. The second kappa shape index (κ2) is 8.97. The number of hydrogen-bond donors (Lipinski definition) is 0. The minimum atomic E-state index is -0.271. The van der Waals surface area contributed by atoms with E-state index >= 15 is 0 Å². The van der Waals surface area contributed by atoms with Crippen LogP contribution in [0.4, 0.5) is 0 Å². The maximum absolute atomic E-state index is 13.0. The summed E-state index contributed by atoms with van der Waals surface area (Å²) in [5.74, 6) is 1.45. The molecule has 10 nitrogen and oxygen atoms in total. The Balaban J connectivity index is 1.29. The molecule has 1 fully saturated rings. The van der Waals surface area contributed by atoms with Gasteiger partial charge in [-0.1, -0.05) is 5.16 Å². The van der Waals surface area contributed by atoms with E-state index in [4.69, 9.17) is 18.7 Å². The summed E-state index contributed by atoms with van der Waals surface area (Å²) in [4.78, 5) is 31.3. The van der Waals surface area contributed by atoms with E-state index < -0.39 is 0 Å². The molecular weight excluding hydrogens is 428 g/mol. The van der Waals surface area contributed by atoms with Crippen LogP contribution in [0.2, 0.25) is 0 Å². The Labute approximate surface area is 190 Å². The molecule has 0 spiro atoms. The second-order valence-corrected chi connectivity index (χ2v) is 7.94. The second-order valence-electron chi connectivity index (χ2n) is 7.94. The molecule has 0 N–H and O–H groups in total. The Morgan fingerprint density at radius 1 is 1.21 bits per heavy atom. The molecule has 2 aliphatic heterocycles. The third-order valence-electron chi connectivity index (χ3n) is 5.81. The molecule has 0 saturated carbocycles. The lowest BCUT2D eigenvalue weighted by atomic mass is 9.98. The van der Waals surface area contributed by atoms with Gasteiger partial charge in [0.15, 0.2) is 11.5 Å². The predicted molar refractivity (Wildman–Crippen MR) is 115 cm³/mol. The van der Waals surface area contributed by atoms with Crippen LogP contribution in [0.5, 0.6) is 11.5 Å². The molecule has 1 saturated heterocycles. The Morgan fingerprint density at radius 3 is 2.97 bits per heavy atom. The Bertz CT molecular complexity index is 1170. The summed E-state index contributed by atoms with van der Waals surface area (Å²) in [6.07, 6.45) is 3.31. The van der Waals surface area contributed by atoms with Crippen molar-refractivity contribution in [3.63, 3.8) is 0 Å². The van der Waals surface area contributed by atoms with E-state index in [1.54, 1.807) is 34.7 Å². The molecule has 0 radical (unpaired) electrons. The molecule has 33 heavy (non-hydrogen) atoms. The Hall–Kier alpha value is -3.82. The summed E-state index contributed by atoms with van der Waals surface area (Å²) < 4.78 is 23.1. The van der Waals surface area contributed by atoms with Gasteiger partial charge in [0.2, 0.25) is 18.5 Å². The number of amides is 1. The smallest absolute Gasteiger partial charge is 0.310 e. The van der Waals surface area contributed by atoms with Crippen molar-refractivity contribution in [2.24, 2.45) is 5.92 Å². The normalized spacial score (nSPS) is 17.2. The van der Waals surface area contributed by atoms with E-state index in [0.29, 0.717) is 48.6 Å². The van der Waals surface area contributed by atoms with Crippen LogP contribution in [0.25, 0.3) is 23.0 Å². The fourth-order valence-corrected chi connectivity index (χ4v) is 4.13. The van der Waals surface area contributed by atoms with Gasteiger partial charge in [-0.2, -0.15) is 4.98 Å². The maximum Gasteiger partial charge on any atom is 0.310 e. The van der Waals surface area contributed by atoms with E-state index in [9.17, 15) is 9.59 Å². The van der Waals surface area contributed by atoms with Crippen LogP contribution < -0.4 is 9.47 Å². The van der Waals surface area contributed by atoms with Gasteiger partial charge in [0.05, 0.1) is 12.5 Å². The molecule has 1 amide bonds. The standard InChI is InChI=1S/C23H24N4O6/c1-2-30-23(29)16-5-3-10-27(12-16)20(28)13-26-9-4-6-17(26)22-24-21(25-33-22)15-7-8-18-19(11-15)32-14-31-18/h4,6-9,11,16H,2-3,5,10,12-14H2,1H3/t16-/m1/s1. The van der Waals surface area contributed by atoms with Gasteiger partial charge in [-0.05, 0) is 50.1 Å². The third kappa shape index (κ3) is 4.28. The average molecular weight is 452 g/mol. The quantitative estimate of drug-likeness (QED) is 0.525. The van der Waals surface area contributed by atoms with Crippen LogP contribution in [0, 0.1) is 5.92 Å². The highest BCUT2D eigenvalue weighted by Gasteiger charge is 2.29. The predicted octanol–water partition coefficient (Wildman–Crippen LogP) is 2.74. The van der Waals surface area contributed by atoms with Crippen molar-refractivity contribution < 1.29 is 28.3 Å². The molecule has 0 unspecified atom stereocenters. The van der Waals surface area contributed by atoms with Crippen LogP contribution in [0.1, 0.15) is 19.8 Å². The topological polar surface area (TPSA) is 109 Å². The lowest BCUT2D eigenvalue weighted by Gasteiger charge is -2.31. The van der Waals surface area contributed by atoms with E-state index in [2.05, 4.69) is 10.1 Å². The fraction of sp³-hybridized carbons (Fsp3) is 0.391. The summed E-state index contributed by atoms with van der Waals surface area (Å²) in [5.41, 5.74) is 1.38. The number of esters is 1. The zero-order valence-electron chi connectivity index (χ0n) is 18.2. The number of carbonyl (C=O) groups excluding carboxylic acids is 2.